The van der Waals surface area contributed by atoms with Gasteiger partial charge in [0.15, 0.2) is 9.84 Å². The maximum atomic E-state index is 12.9. The molecule has 0 aliphatic rings. The number of hydrogen-bond acceptors (Lipinski definition) is 5. The Morgan fingerprint density at radius 2 is 1.93 bits per heavy atom. The van der Waals surface area contributed by atoms with Crippen LogP contribution in [0.4, 0.5) is 5.69 Å². The van der Waals surface area contributed by atoms with E-state index in [2.05, 4.69) is 10.4 Å². The van der Waals surface area contributed by atoms with Crippen LogP contribution in [0.1, 0.15) is 32.3 Å². The zero-order valence-electron chi connectivity index (χ0n) is 15.2. The summed E-state index contributed by atoms with van der Waals surface area (Å²) in [6, 6.07) is 9.98. The molecule has 0 radical (unpaired) electrons. The second-order valence-corrected chi connectivity index (χ2v) is 9.19. The second kappa shape index (κ2) is 7.32. The van der Waals surface area contributed by atoms with Crippen molar-refractivity contribution < 1.29 is 8.42 Å². The molecular weight excluding hydrogens is 386 g/mol. The molecule has 1 N–H and O–H groups in total. The molecule has 6 nitrogen and oxygen atoms in total. The first-order valence-electron chi connectivity index (χ1n) is 8.53. The van der Waals surface area contributed by atoms with E-state index in [1.54, 1.807) is 6.92 Å². The van der Waals surface area contributed by atoms with Gasteiger partial charge in [-0.25, -0.2) is 18.1 Å². The van der Waals surface area contributed by atoms with Crippen molar-refractivity contribution >= 4 is 38.0 Å². The number of nitrogens with zero attached hydrogens (tertiary/aromatic N) is 2. The lowest BCUT2D eigenvalue weighted by Crippen LogP contribution is -2.27. The average molecular weight is 406 g/mol. The van der Waals surface area contributed by atoms with E-state index >= 15 is 0 Å². The van der Waals surface area contributed by atoms with Gasteiger partial charge in [-0.15, -0.1) is 0 Å². The number of halogens is 1. The summed E-state index contributed by atoms with van der Waals surface area (Å²) in [7, 11) is -3.50. The van der Waals surface area contributed by atoms with Crippen LogP contribution >= 0.6 is 11.6 Å². The zero-order valence-corrected chi connectivity index (χ0v) is 16.8. The Labute approximate surface area is 162 Å². The summed E-state index contributed by atoms with van der Waals surface area (Å²) in [5.74, 6) is 0.205. The van der Waals surface area contributed by atoms with E-state index in [4.69, 9.17) is 11.6 Å². The first-order chi connectivity index (χ1) is 12.7. The molecular formula is C19H20ClN3O3S. The highest BCUT2D eigenvalue weighted by Gasteiger charge is 2.18. The molecule has 0 unspecified atom stereocenters. The van der Waals surface area contributed by atoms with Crippen molar-refractivity contribution in [3.05, 3.63) is 63.7 Å². The quantitative estimate of drug-likeness (QED) is 0.697. The summed E-state index contributed by atoms with van der Waals surface area (Å²) >= 11 is 6.03. The van der Waals surface area contributed by atoms with Crippen molar-refractivity contribution in [3.8, 4) is 0 Å². The van der Waals surface area contributed by atoms with E-state index in [1.807, 2.05) is 32.0 Å². The van der Waals surface area contributed by atoms with Crippen LogP contribution in [0.5, 0.6) is 0 Å². The molecule has 0 bridgehead atoms. The summed E-state index contributed by atoms with van der Waals surface area (Å²) in [5, 5.41) is 0.814. The van der Waals surface area contributed by atoms with Gasteiger partial charge in [0.25, 0.3) is 5.56 Å². The summed E-state index contributed by atoms with van der Waals surface area (Å²) < 4.78 is 25.9. The standard InChI is InChI=1S/C19H20ClN3O3S/c1-4-27(25,26)18-8-6-14(20)10-17(18)22-23-11-21-16-7-5-13(12(2)3)9-15(16)19(23)24/h5-12,22H,4H2,1-3H3. The van der Waals surface area contributed by atoms with Gasteiger partial charge >= 0.3 is 0 Å². The van der Waals surface area contributed by atoms with Crippen LogP contribution in [0.15, 0.2) is 52.4 Å². The maximum absolute atomic E-state index is 12.9. The summed E-state index contributed by atoms with van der Waals surface area (Å²) in [6.07, 6.45) is 1.34. The third-order valence-corrected chi connectivity index (χ3v) is 6.37. The molecule has 0 amide bonds. The van der Waals surface area contributed by atoms with E-state index in [9.17, 15) is 13.2 Å². The third-order valence-electron chi connectivity index (χ3n) is 4.35. The molecule has 0 spiro atoms. The number of fused-ring (bicyclic) bond motifs is 1. The third kappa shape index (κ3) is 3.84. The van der Waals surface area contributed by atoms with Gasteiger partial charge in [0.05, 0.1) is 27.2 Å². The van der Waals surface area contributed by atoms with Gasteiger partial charge in [0.1, 0.15) is 6.33 Å². The zero-order chi connectivity index (χ0) is 19.8. The molecule has 0 aliphatic heterocycles. The molecule has 0 atom stereocenters. The number of anilines is 1. The molecule has 0 saturated carbocycles. The number of benzene rings is 2. The van der Waals surface area contributed by atoms with Crippen molar-refractivity contribution in [1.29, 1.82) is 0 Å². The van der Waals surface area contributed by atoms with Gasteiger partial charge in [0.2, 0.25) is 0 Å². The van der Waals surface area contributed by atoms with E-state index in [0.717, 1.165) is 5.56 Å². The van der Waals surface area contributed by atoms with Gasteiger partial charge in [-0.05, 0) is 41.8 Å². The summed E-state index contributed by atoms with van der Waals surface area (Å²) in [4.78, 5) is 17.3. The number of rotatable bonds is 5. The fraction of sp³-hybridized carbons (Fsp3) is 0.263. The monoisotopic (exact) mass is 405 g/mol. The molecule has 1 heterocycles. The SMILES string of the molecule is CCS(=O)(=O)c1ccc(Cl)cc1Nn1cnc2ccc(C(C)C)cc2c1=O. The Kier molecular flexibility index (Phi) is 5.26. The van der Waals surface area contributed by atoms with Crippen LogP contribution in [0, 0.1) is 0 Å². The van der Waals surface area contributed by atoms with Gasteiger partial charge in [-0.2, -0.15) is 0 Å². The smallest absolute Gasteiger partial charge is 0.280 e. The first kappa shape index (κ1) is 19.4. The van der Waals surface area contributed by atoms with Crippen LogP contribution < -0.4 is 11.0 Å². The van der Waals surface area contributed by atoms with Crippen LogP contribution in [-0.2, 0) is 9.84 Å². The predicted octanol–water partition coefficient (Wildman–Crippen LogP) is 3.84. The molecule has 8 heteroatoms. The number of nitrogens with one attached hydrogen (secondary N) is 1. The van der Waals surface area contributed by atoms with Crippen LogP contribution in [-0.4, -0.2) is 23.8 Å². The summed E-state index contributed by atoms with van der Waals surface area (Å²) in [6.45, 7) is 5.65. The molecule has 0 aliphatic carbocycles. The minimum Gasteiger partial charge on any atom is -0.289 e. The van der Waals surface area contributed by atoms with Gasteiger partial charge < -0.3 is 0 Å². The average Bonchev–Trinajstić information content (AvgIpc) is 2.63. The van der Waals surface area contributed by atoms with Crippen LogP contribution in [0.2, 0.25) is 5.02 Å². The van der Waals surface area contributed by atoms with E-state index < -0.39 is 9.84 Å². The Morgan fingerprint density at radius 3 is 2.59 bits per heavy atom. The van der Waals surface area contributed by atoms with Gasteiger partial charge in [-0.1, -0.05) is 38.4 Å². The Bertz CT molecular complexity index is 1170. The first-order valence-corrected chi connectivity index (χ1v) is 10.6. The van der Waals surface area contributed by atoms with Gasteiger partial charge in [0, 0.05) is 5.02 Å². The molecule has 2 aromatic carbocycles. The van der Waals surface area contributed by atoms with Crippen molar-refractivity contribution in [2.45, 2.75) is 31.6 Å². The van der Waals surface area contributed by atoms with Crippen molar-refractivity contribution in [2.75, 3.05) is 11.2 Å². The number of aromatic nitrogens is 2. The van der Waals surface area contributed by atoms with Crippen molar-refractivity contribution in [3.63, 3.8) is 0 Å². The van der Waals surface area contributed by atoms with Crippen molar-refractivity contribution in [1.82, 2.24) is 9.66 Å². The van der Waals surface area contributed by atoms with Crippen LogP contribution in [0.3, 0.4) is 0 Å². The molecule has 1 aromatic heterocycles. The molecule has 0 fully saturated rings. The fourth-order valence-corrected chi connectivity index (χ4v) is 3.92. The number of sulfone groups is 1. The summed E-state index contributed by atoms with van der Waals surface area (Å²) in [5.41, 5.74) is 4.36. The predicted molar refractivity (Wildman–Crippen MR) is 108 cm³/mol. The largest absolute Gasteiger partial charge is 0.289 e. The maximum Gasteiger partial charge on any atom is 0.280 e. The lowest BCUT2D eigenvalue weighted by molar-refractivity contribution is 0.597. The second-order valence-electron chi connectivity index (χ2n) is 6.51. The molecule has 3 aromatic rings. The highest BCUT2D eigenvalue weighted by molar-refractivity contribution is 7.91. The van der Waals surface area contributed by atoms with E-state index in [-0.39, 0.29) is 27.8 Å². The molecule has 27 heavy (non-hydrogen) atoms. The highest BCUT2D eigenvalue weighted by Crippen LogP contribution is 2.26. The number of hydrogen-bond donors (Lipinski definition) is 1. The Balaban J connectivity index is 2.14. The Hall–Kier alpha value is -2.38. The normalized spacial score (nSPS) is 11.9. The molecule has 3 rings (SSSR count). The molecule has 0 saturated heterocycles. The minimum absolute atomic E-state index is 0.0636. The van der Waals surface area contributed by atoms with Crippen molar-refractivity contribution in [2.24, 2.45) is 0 Å². The van der Waals surface area contributed by atoms with Gasteiger partial charge in [-0.3, -0.25) is 10.2 Å². The van der Waals surface area contributed by atoms with Crippen LogP contribution in [0.25, 0.3) is 10.9 Å². The minimum atomic E-state index is -3.50. The fourth-order valence-electron chi connectivity index (χ4n) is 2.72. The lowest BCUT2D eigenvalue weighted by atomic mass is 10.0. The Morgan fingerprint density at radius 1 is 1.19 bits per heavy atom. The highest BCUT2D eigenvalue weighted by atomic mass is 35.5. The molecule has 142 valence electrons. The lowest BCUT2D eigenvalue weighted by Gasteiger charge is -2.14. The van der Waals surface area contributed by atoms with E-state index in [1.165, 1.54) is 29.2 Å². The van der Waals surface area contributed by atoms with E-state index in [0.29, 0.717) is 15.9 Å². The topological polar surface area (TPSA) is 81.1 Å².